The Bertz CT molecular complexity index is 716. The monoisotopic (exact) mass is 315 g/mol. The molecule has 0 amide bonds. The van der Waals surface area contributed by atoms with Crippen LogP contribution in [0.2, 0.25) is 0 Å². The van der Waals surface area contributed by atoms with Gasteiger partial charge in [0.25, 0.3) is 0 Å². The van der Waals surface area contributed by atoms with E-state index in [1.54, 1.807) is 0 Å². The predicted molar refractivity (Wildman–Crippen MR) is 89.2 cm³/mol. The molecule has 0 atom stereocenters. The van der Waals surface area contributed by atoms with Gasteiger partial charge < -0.3 is 21.1 Å². The highest BCUT2D eigenvalue weighted by molar-refractivity contribution is 5.77. The Morgan fingerprint density at radius 2 is 1.43 bits per heavy atom. The van der Waals surface area contributed by atoms with E-state index in [0.717, 1.165) is 16.7 Å². The van der Waals surface area contributed by atoms with Gasteiger partial charge in [0.1, 0.15) is 6.33 Å². The molecule has 1 heterocycles. The molecule has 0 unspecified atom stereocenters. The van der Waals surface area contributed by atoms with E-state index in [1.165, 1.54) is 0 Å². The van der Waals surface area contributed by atoms with Gasteiger partial charge in [-0.1, -0.05) is 30.3 Å². The number of rotatable bonds is 4. The van der Waals surface area contributed by atoms with Crippen LogP contribution in [-0.4, -0.2) is 50.2 Å². The minimum absolute atomic E-state index is 0.403. The third-order valence-electron chi connectivity index (χ3n) is 3.43. The van der Waals surface area contributed by atoms with Crippen molar-refractivity contribution in [1.29, 1.82) is 0 Å². The third kappa shape index (κ3) is 4.14. The van der Waals surface area contributed by atoms with Gasteiger partial charge in [0.05, 0.1) is 36.4 Å². The zero-order chi connectivity index (χ0) is 16.7. The fourth-order valence-electron chi connectivity index (χ4n) is 1.90. The van der Waals surface area contributed by atoms with Gasteiger partial charge in [-0.2, -0.15) is 0 Å². The summed E-state index contributed by atoms with van der Waals surface area (Å²) >= 11 is 0. The number of aliphatic hydroxyl groups is 3. The lowest BCUT2D eigenvalue weighted by atomic mass is 10.1. The van der Waals surface area contributed by atoms with Gasteiger partial charge in [0.15, 0.2) is 0 Å². The lowest BCUT2D eigenvalue weighted by Gasteiger charge is -2.20. The minimum atomic E-state index is -1.21. The largest absolute Gasteiger partial charge is 0.394 e. The molecule has 0 aliphatic heterocycles. The van der Waals surface area contributed by atoms with Crippen molar-refractivity contribution in [3.8, 4) is 5.69 Å². The average molecular weight is 315 g/mol. The molecule has 0 aliphatic rings. The number of imidazole rings is 1. The zero-order valence-electron chi connectivity index (χ0n) is 12.7. The van der Waals surface area contributed by atoms with Crippen molar-refractivity contribution < 1.29 is 15.3 Å². The van der Waals surface area contributed by atoms with Crippen LogP contribution in [0.3, 0.4) is 0 Å². The van der Waals surface area contributed by atoms with Gasteiger partial charge in [-0.15, -0.1) is 0 Å². The summed E-state index contributed by atoms with van der Waals surface area (Å²) in [5.74, 6) is 0. The van der Waals surface area contributed by atoms with E-state index >= 15 is 0 Å². The third-order valence-corrected chi connectivity index (χ3v) is 3.43. The first kappa shape index (κ1) is 17.1. The molecule has 122 valence electrons. The van der Waals surface area contributed by atoms with Crippen LogP contribution in [0.5, 0.6) is 0 Å². The number of nitrogens with two attached hydrogens (primary N) is 1. The first-order chi connectivity index (χ1) is 11.1. The molecular formula is C17H21N3O3. The van der Waals surface area contributed by atoms with E-state index in [-0.39, 0.29) is 0 Å². The van der Waals surface area contributed by atoms with Crippen LogP contribution in [0.15, 0.2) is 60.9 Å². The summed E-state index contributed by atoms with van der Waals surface area (Å²) in [5, 5.41) is 25.0. The molecule has 0 spiro atoms. The highest BCUT2D eigenvalue weighted by atomic mass is 16.3. The van der Waals surface area contributed by atoms with Crippen molar-refractivity contribution in [1.82, 2.24) is 9.55 Å². The van der Waals surface area contributed by atoms with E-state index in [0.29, 0.717) is 0 Å². The Morgan fingerprint density at radius 3 is 2.00 bits per heavy atom. The summed E-state index contributed by atoms with van der Waals surface area (Å²) in [6.45, 7) is -1.21. The van der Waals surface area contributed by atoms with Gasteiger partial charge >= 0.3 is 0 Å². The quantitative estimate of drug-likeness (QED) is 0.567. The van der Waals surface area contributed by atoms with Crippen molar-refractivity contribution in [3.63, 3.8) is 0 Å². The maximum atomic E-state index is 8.34. The molecule has 0 bridgehead atoms. The Hall–Kier alpha value is -2.25. The van der Waals surface area contributed by atoms with Crippen molar-refractivity contribution in [2.24, 2.45) is 5.73 Å². The highest BCUT2D eigenvalue weighted by Gasteiger charge is 2.20. The Balaban J connectivity index is 0.000000207. The summed E-state index contributed by atoms with van der Waals surface area (Å²) in [4.78, 5) is 4.36. The van der Waals surface area contributed by atoms with Gasteiger partial charge in [0.2, 0.25) is 0 Å². The van der Waals surface area contributed by atoms with E-state index in [4.69, 9.17) is 21.1 Å². The fraction of sp³-hybridized carbons (Fsp3) is 0.235. The number of para-hydroxylation sites is 3. The summed E-state index contributed by atoms with van der Waals surface area (Å²) in [6, 6.07) is 18.4. The van der Waals surface area contributed by atoms with Crippen LogP contribution in [0.4, 0.5) is 0 Å². The molecule has 2 aromatic carbocycles. The number of hydrogen-bond donors (Lipinski definition) is 4. The highest BCUT2D eigenvalue weighted by Crippen LogP contribution is 2.16. The standard InChI is InChI=1S/C13H10N2.C4H11NO3/c1-2-6-11(7-3-1)15-10-14-12-8-4-5-9-13(12)15;5-4(1-6,2-7)3-8/h1-10H;6-8H,1-3,5H2. The summed E-state index contributed by atoms with van der Waals surface area (Å²) < 4.78 is 2.09. The molecule has 23 heavy (non-hydrogen) atoms. The molecule has 1 aromatic heterocycles. The fourth-order valence-corrected chi connectivity index (χ4v) is 1.90. The number of aromatic nitrogens is 2. The topological polar surface area (TPSA) is 105 Å². The van der Waals surface area contributed by atoms with Gasteiger partial charge in [-0.25, -0.2) is 4.98 Å². The number of fused-ring (bicyclic) bond motifs is 1. The molecule has 6 nitrogen and oxygen atoms in total. The van der Waals surface area contributed by atoms with E-state index in [9.17, 15) is 0 Å². The number of aliphatic hydroxyl groups excluding tert-OH is 3. The number of hydrogen-bond acceptors (Lipinski definition) is 5. The van der Waals surface area contributed by atoms with Gasteiger partial charge in [-0.05, 0) is 24.3 Å². The predicted octanol–water partition coefficient (Wildman–Crippen LogP) is 0.686. The van der Waals surface area contributed by atoms with Gasteiger partial charge in [-0.3, -0.25) is 4.57 Å². The molecule has 0 saturated carbocycles. The Kier molecular flexibility index (Phi) is 5.84. The van der Waals surface area contributed by atoms with Crippen LogP contribution in [0.1, 0.15) is 0 Å². The minimum Gasteiger partial charge on any atom is -0.394 e. The molecule has 5 N–H and O–H groups in total. The molecule has 0 radical (unpaired) electrons. The van der Waals surface area contributed by atoms with Crippen LogP contribution in [-0.2, 0) is 0 Å². The molecule has 0 fully saturated rings. The number of benzene rings is 2. The summed E-state index contributed by atoms with van der Waals surface area (Å²) in [7, 11) is 0. The first-order valence-corrected chi connectivity index (χ1v) is 7.22. The van der Waals surface area contributed by atoms with Crippen LogP contribution < -0.4 is 5.73 Å². The van der Waals surface area contributed by atoms with E-state index in [1.807, 2.05) is 42.7 Å². The zero-order valence-corrected chi connectivity index (χ0v) is 12.7. The second-order valence-corrected chi connectivity index (χ2v) is 5.28. The van der Waals surface area contributed by atoms with Crippen LogP contribution in [0.25, 0.3) is 16.7 Å². The summed E-state index contributed by atoms with van der Waals surface area (Å²) in [6.07, 6.45) is 1.86. The van der Waals surface area contributed by atoms with E-state index < -0.39 is 25.4 Å². The molecule has 6 heteroatoms. The second kappa shape index (κ2) is 7.85. The first-order valence-electron chi connectivity index (χ1n) is 7.22. The maximum Gasteiger partial charge on any atom is 0.100 e. The molecule has 3 aromatic rings. The van der Waals surface area contributed by atoms with Crippen molar-refractivity contribution in [2.45, 2.75) is 5.54 Å². The van der Waals surface area contributed by atoms with Crippen molar-refractivity contribution >= 4 is 11.0 Å². The molecule has 0 saturated heterocycles. The Labute approximate surface area is 134 Å². The smallest absolute Gasteiger partial charge is 0.100 e. The molecule has 3 rings (SSSR count). The number of nitrogens with zero attached hydrogens (tertiary/aromatic N) is 2. The van der Waals surface area contributed by atoms with Gasteiger partial charge in [0, 0.05) is 5.69 Å². The average Bonchev–Trinajstić information content (AvgIpc) is 3.06. The lowest BCUT2D eigenvalue weighted by molar-refractivity contribution is 0.0698. The Morgan fingerprint density at radius 1 is 0.870 bits per heavy atom. The van der Waals surface area contributed by atoms with E-state index in [2.05, 4.69) is 27.8 Å². The van der Waals surface area contributed by atoms with Crippen molar-refractivity contribution in [3.05, 3.63) is 60.9 Å². The second-order valence-electron chi connectivity index (χ2n) is 5.28. The van der Waals surface area contributed by atoms with Crippen LogP contribution in [0, 0.1) is 0 Å². The van der Waals surface area contributed by atoms with Crippen LogP contribution >= 0.6 is 0 Å². The SMILES string of the molecule is NC(CO)(CO)CO.c1ccc(-n2cnc3ccccc32)cc1. The summed E-state index contributed by atoms with van der Waals surface area (Å²) in [5.41, 5.74) is 7.25. The molecule has 0 aliphatic carbocycles. The normalized spacial score (nSPS) is 11.1. The molecular weight excluding hydrogens is 294 g/mol. The lowest BCUT2D eigenvalue weighted by Crippen LogP contribution is -2.50. The maximum absolute atomic E-state index is 8.34. The van der Waals surface area contributed by atoms with Crippen molar-refractivity contribution in [2.75, 3.05) is 19.8 Å².